The van der Waals surface area contributed by atoms with Crippen LogP contribution in [0.15, 0.2) is 23.0 Å². The smallest absolute Gasteiger partial charge is 0.271 e. The van der Waals surface area contributed by atoms with Crippen LogP contribution < -0.4 is 15.6 Å². The topological polar surface area (TPSA) is 71.2 Å². The Morgan fingerprint density at radius 3 is 2.59 bits per heavy atom. The average Bonchev–Trinajstić information content (AvgIpc) is 2.47. The van der Waals surface area contributed by atoms with Crippen molar-refractivity contribution < 1.29 is 18.3 Å². The molecule has 0 aliphatic rings. The predicted molar refractivity (Wildman–Crippen MR) is 77.4 cm³/mol. The number of benzene rings is 1. The fraction of sp³-hybridized carbons (Fsp3) is 0.200. The van der Waals surface area contributed by atoms with Gasteiger partial charge in [0, 0.05) is 5.69 Å². The molecule has 2 N–H and O–H groups in total. The number of hydrogen-bond donors (Lipinski definition) is 2. The number of H-pyrrole nitrogens is 1. The SMILES string of the molecule is COc1ccc(F)c(F)c1C(=O)Nc1cc(C)c(C)[nH]c1=O. The van der Waals surface area contributed by atoms with E-state index in [9.17, 15) is 18.4 Å². The molecule has 0 aliphatic heterocycles. The molecule has 0 aliphatic carbocycles. The van der Waals surface area contributed by atoms with E-state index >= 15 is 0 Å². The van der Waals surface area contributed by atoms with Gasteiger partial charge in [0.1, 0.15) is 17.0 Å². The molecule has 0 unspecified atom stereocenters. The Bertz CT molecular complexity index is 800. The van der Waals surface area contributed by atoms with Gasteiger partial charge in [0.25, 0.3) is 11.5 Å². The number of hydrogen-bond acceptors (Lipinski definition) is 3. The Labute approximate surface area is 124 Å². The second-order valence-corrected chi connectivity index (χ2v) is 4.71. The fourth-order valence-corrected chi connectivity index (χ4v) is 1.92. The second kappa shape index (κ2) is 5.97. The number of rotatable bonds is 3. The van der Waals surface area contributed by atoms with Crippen molar-refractivity contribution in [1.29, 1.82) is 0 Å². The molecular weight excluding hydrogens is 294 g/mol. The van der Waals surface area contributed by atoms with Gasteiger partial charge in [-0.25, -0.2) is 8.78 Å². The molecule has 5 nitrogen and oxygen atoms in total. The minimum absolute atomic E-state index is 0.0567. The van der Waals surface area contributed by atoms with Crippen LogP contribution in [-0.2, 0) is 0 Å². The van der Waals surface area contributed by atoms with Gasteiger partial charge >= 0.3 is 0 Å². The lowest BCUT2D eigenvalue weighted by Crippen LogP contribution is -2.22. The van der Waals surface area contributed by atoms with Gasteiger partial charge in [-0.3, -0.25) is 9.59 Å². The maximum absolute atomic E-state index is 13.8. The number of aromatic amines is 1. The lowest BCUT2D eigenvalue weighted by Gasteiger charge is -2.11. The van der Waals surface area contributed by atoms with E-state index < -0.39 is 28.7 Å². The maximum atomic E-state index is 13.8. The summed E-state index contributed by atoms with van der Waals surface area (Å²) in [5.41, 5.74) is 0.199. The average molecular weight is 308 g/mol. The number of nitrogens with one attached hydrogen (secondary N) is 2. The van der Waals surface area contributed by atoms with E-state index in [0.717, 1.165) is 17.7 Å². The number of aryl methyl sites for hydroxylation is 2. The van der Waals surface area contributed by atoms with Crippen LogP contribution in [0, 0.1) is 25.5 Å². The molecule has 0 saturated heterocycles. The van der Waals surface area contributed by atoms with Crippen molar-refractivity contribution in [3.05, 3.63) is 57.0 Å². The van der Waals surface area contributed by atoms with Crippen LogP contribution in [-0.4, -0.2) is 18.0 Å². The number of anilines is 1. The van der Waals surface area contributed by atoms with Crippen molar-refractivity contribution >= 4 is 11.6 Å². The number of halogens is 2. The van der Waals surface area contributed by atoms with Gasteiger partial charge in [0.05, 0.1) is 7.11 Å². The van der Waals surface area contributed by atoms with Gasteiger partial charge < -0.3 is 15.0 Å². The summed E-state index contributed by atoms with van der Waals surface area (Å²) in [7, 11) is 1.23. The summed E-state index contributed by atoms with van der Waals surface area (Å²) in [6, 6.07) is 3.45. The summed E-state index contributed by atoms with van der Waals surface area (Å²) in [5, 5.41) is 2.27. The number of methoxy groups -OCH3 is 1. The van der Waals surface area contributed by atoms with E-state index in [2.05, 4.69) is 10.3 Å². The van der Waals surface area contributed by atoms with Gasteiger partial charge in [-0.2, -0.15) is 0 Å². The molecule has 1 heterocycles. The molecule has 2 rings (SSSR count). The highest BCUT2D eigenvalue weighted by Gasteiger charge is 2.22. The predicted octanol–water partition coefficient (Wildman–Crippen LogP) is 2.53. The van der Waals surface area contributed by atoms with Crippen molar-refractivity contribution in [1.82, 2.24) is 4.98 Å². The summed E-state index contributed by atoms with van der Waals surface area (Å²) in [5.74, 6) is -3.61. The molecule has 22 heavy (non-hydrogen) atoms. The summed E-state index contributed by atoms with van der Waals surface area (Å²) in [6.45, 7) is 3.45. The number of pyridine rings is 1. The van der Waals surface area contributed by atoms with Gasteiger partial charge in [-0.1, -0.05) is 0 Å². The maximum Gasteiger partial charge on any atom is 0.271 e. The number of carbonyl (C=O) groups excluding carboxylic acids is 1. The highest BCUT2D eigenvalue weighted by Crippen LogP contribution is 2.24. The molecule has 1 amide bonds. The molecule has 0 bridgehead atoms. The van der Waals surface area contributed by atoms with Gasteiger partial charge in [0.2, 0.25) is 0 Å². The molecule has 1 aromatic heterocycles. The Morgan fingerprint density at radius 1 is 1.27 bits per heavy atom. The lowest BCUT2D eigenvalue weighted by atomic mass is 10.1. The zero-order valence-electron chi connectivity index (χ0n) is 12.2. The number of aromatic nitrogens is 1. The third kappa shape index (κ3) is 2.83. The van der Waals surface area contributed by atoms with Crippen LogP contribution in [0.4, 0.5) is 14.5 Å². The van der Waals surface area contributed by atoms with Crippen LogP contribution >= 0.6 is 0 Å². The van der Waals surface area contributed by atoms with Crippen LogP contribution in [0.25, 0.3) is 0 Å². The zero-order chi connectivity index (χ0) is 16.4. The Hall–Kier alpha value is -2.70. The third-order valence-electron chi connectivity index (χ3n) is 3.25. The van der Waals surface area contributed by atoms with E-state index in [1.807, 2.05) is 0 Å². The quantitative estimate of drug-likeness (QED) is 0.915. The van der Waals surface area contributed by atoms with Gasteiger partial charge in [-0.05, 0) is 37.6 Å². The molecule has 0 radical (unpaired) electrons. The first-order valence-electron chi connectivity index (χ1n) is 6.39. The van der Waals surface area contributed by atoms with E-state index in [0.29, 0.717) is 5.69 Å². The highest BCUT2D eigenvalue weighted by atomic mass is 19.2. The lowest BCUT2D eigenvalue weighted by molar-refractivity contribution is 0.101. The molecule has 0 fully saturated rings. The van der Waals surface area contributed by atoms with Crippen LogP contribution in [0.3, 0.4) is 0 Å². The van der Waals surface area contributed by atoms with Crippen molar-refractivity contribution in [2.24, 2.45) is 0 Å². The molecule has 0 spiro atoms. The Balaban J connectivity index is 2.45. The number of amides is 1. The molecule has 0 atom stereocenters. The minimum atomic E-state index is -1.34. The minimum Gasteiger partial charge on any atom is -0.496 e. The first kappa shape index (κ1) is 15.7. The molecule has 1 aromatic carbocycles. The van der Waals surface area contributed by atoms with Crippen LogP contribution in [0.2, 0.25) is 0 Å². The normalized spacial score (nSPS) is 10.4. The largest absolute Gasteiger partial charge is 0.496 e. The number of carbonyl (C=O) groups is 1. The van der Waals surface area contributed by atoms with Crippen molar-refractivity contribution in [3.8, 4) is 5.75 Å². The first-order valence-corrected chi connectivity index (χ1v) is 6.39. The summed E-state index contributed by atoms with van der Waals surface area (Å²) in [4.78, 5) is 26.5. The van der Waals surface area contributed by atoms with Crippen LogP contribution in [0.1, 0.15) is 21.6 Å². The van der Waals surface area contributed by atoms with E-state index in [1.54, 1.807) is 13.8 Å². The van der Waals surface area contributed by atoms with E-state index in [4.69, 9.17) is 4.74 Å². The van der Waals surface area contributed by atoms with Crippen molar-refractivity contribution in [2.45, 2.75) is 13.8 Å². The summed E-state index contributed by atoms with van der Waals surface area (Å²) >= 11 is 0. The molecule has 0 saturated carbocycles. The Kier molecular flexibility index (Phi) is 4.25. The highest BCUT2D eigenvalue weighted by molar-refractivity contribution is 6.06. The van der Waals surface area contributed by atoms with Crippen LogP contribution in [0.5, 0.6) is 5.75 Å². The second-order valence-electron chi connectivity index (χ2n) is 4.71. The fourth-order valence-electron chi connectivity index (χ4n) is 1.92. The number of ether oxygens (including phenoxy) is 1. The van der Waals surface area contributed by atoms with Crippen molar-refractivity contribution in [2.75, 3.05) is 12.4 Å². The van der Waals surface area contributed by atoms with Gasteiger partial charge in [-0.15, -0.1) is 0 Å². The Morgan fingerprint density at radius 2 is 1.95 bits per heavy atom. The molecule has 7 heteroatoms. The molecule has 116 valence electrons. The zero-order valence-corrected chi connectivity index (χ0v) is 12.2. The first-order chi connectivity index (χ1) is 10.3. The van der Waals surface area contributed by atoms with E-state index in [1.165, 1.54) is 13.2 Å². The molecule has 2 aromatic rings. The summed E-state index contributed by atoms with van der Waals surface area (Å²) < 4.78 is 32.0. The third-order valence-corrected chi connectivity index (χ3v) is 3.25. The molecular formula is C15H14F2N2O3. The van der Waals surface area contributed by atoms with E-state index in [-0.39, 0.29) is 11.4 Å². The van der Waals surface area contributed by atoms with Crippen molar-refractivity contribution in [3.63, 3.8) is 0 Å². The standard InChI is InChI=1S/C15H14F2N2O3/c1-7-6-10(14(20)18-8(7)2)19-15(21)12-11(22-3)5-4-9(16)13(12)17/h4-6H,1-3H3,(H,18,20)(H,19,21). The summed E-state index contributed by atoms with van der Waals surface area (Å²) in [6.07, 6.45) is 0. The van der Waals surface area contributed by atoms with Gasteiger partial charge in [0.15, 0.2) is 11.6 Å². The monoisotopic (exact) mass is 308 g/mol.